The maximum absolute atomic E-state index is 4.66. The molecule has 0 spiro atoms. The Bertz CT molecular complexity index is 852. The molecule has 3 aromatic rings. The zero-order valence-corrected chi connectivity index (χ0v) is 15.3. The van der Waals surface area contributed by atoms with Gasteiger partial charge in [-0.25, -0.2) is 9.98 Å². The van der Waals surface area contributed by atoms with Crippen LogP contribution < -0.4 is 10.6 Å². The van der Waals surface area contributed by atoms with E-state index in [0.717, 1.165) is 29.6 Å². The number of H-pyrrole nitrogens is 1. The summed E-state index contributed by atoms with van der Waals surface area (Å²) in [7, 11) is 0. The monoisotopic (exact) mass is 347 g/mol. The van der Waals surface area contributed by atoms with E-state index in [4.69, 9.17) is 0 Å². The summed E-state index contributed by atoms with van der Waals surface area (Å²) in [4.78, 5) is 12.5. The van der Waals surface area contributed by atoms with Crippen molar-refractivity contribution < 1.29 is 0 Å². The first-order valence-electron chi connectivity index (χ1n) is 8.91. The van der Waals surface area contributed by atoms with Crippen molar-refractivity contribution in [3.05, 3.63) is 77.7 Å². The third kappa shape index (κ3) is 4.96. The Morgan fingerprint density at radius 1 is 1.08 bits per heavy atom. The highest BCUT2D eigenvalue weighted by Crippen LogP contribution is 2.15. The fourth-order valence-electron chi connectivity index (χ4n) is 2.71. The lowest BCUT2D eigenvalue weighted by Crippen LogP contribution is -2.37. The molecule has 3 rings (SSSR count). The molecule has 26 heavy (non-hydrogen) atoms. The minimum atomic E-state index is 0.590. The minimum absolute atomic E-state index is 0.590. The zero-order chi connectivity index (χ0) is 18.2. The van der Waals surface area contributed by atoms with E-state index in [9.17, 15) is 0 Å². The molecule has 1 aromatic heterocycles. The van der Waals surface area contributed by atoms with Gasteiger partial charge in [0.1, 0.15) is 5.82 Å². The molecule has 0 bridgehead atoms. The molecule has 0 aliphatic rings. The van der Waals surface area contributed by atoms with Crippen LogP contribution in [0.4, 0.5) is 0 Å². The van der Waals surface area contributed by atoms with Crippen LogP contribution in [0.15, 0.2) is 65.8 Å². The number of aromatic amines is 1. The van der Waals surface area contributed by atoms with Crippen molar-refractivity contribution in [2.24, 2.45) is 4.99 Å². The summed E-state index contributed by atoms with van der Waals surface area (Å²) in [5, 5.41) is 6.61. The second-order valence-electron chi connectivity index (χ2n) is 6.15. The molecule has 0 aliphatic heterocycles. The van der Waals surface area contributed by atoms with Crippen LogP contribution in [-0.4, -0.2) is 22.5 Å². The lowest BCUT2D eigenvalue weighted by Gasteiger charge is -2.10. The molecule has 5 heteroatoms. The van der Waals surface area contributed by atoms with E-state index in [1.807, 2.05) is 24.4 Å². The predicted octanol–water partition coefficient (Wildman–Crippen LogP) is 3.64. The fraction of sp³-hybridized carbons (Fsp3) is 0.238. The quantitative estimate of drug-likeness (QED) is 0.471. The number of benzene rings is 2. The summed E-state index contributed by atoms with van der Waals surface area (Å²) in [5.74, 6) is 1.66. The molecule has 2 aromatic carbocycles. The first-order valence-corrected chi connectivity index (χ1v) is 8.91. The van der Waals surface area contributed by atoms with Gasteiger partial charge < -0.3 is 15.6 Å². The van der Waals surface area contributed by atoms with Crippen molar-refractivity contribution >= 4 is 5.96 Å². The highest BCUT2D eigenvalue weighted by atomic mass is 15.2. The number of aryl methyl sites for hydroxylation is 1. The van der Waals surface area contributed by atoms with Gasteiger partial charge in [-0.3, -0.25) is 0 Å². The third-order valence-electron chi connectivity index (χ3n) is 3.98. The van der Waals surface area contributed by atoms with E-state index in [1.54, 1.807) is 0 Å². The van der Waals surface area contributed by atoms with Crippen LogP contribution in [0, 0.1) is 6.92 Å². The topological polar surface area (TPSA) is 65.1 Å². The molecular weight excluding hydrogens is 322 g/mol. The number of guanidine groups is 1. The van der Waals surface area contributed by atoms with E-state index in [-0.39, 0.29) is 0 Å². The molecule has 0 aliphatic carbocycles. The highest BCUT2D eigenvalue weighted by Gasteiger charge is 2.04. The molecule has 0 fully saturated rings. The van der Waals surface area contributed by atoms with E-state index < -0.39 is 0 Å². The van der Waals surface area contributed by atoms with E-state index >= 15 is 0 Å². The van der Waals surface area contributed by atoms with Gasteiger partial charge >= 0.3 is 0 Å². The molecule has 0 unspecified atom stereocenters. The van der Waals surface area contributed by atoms with Crippen LogP contribution in [-0.2, 0) is 13.1 Å². The van der Waals surface area contributed by atoms with Crippen LogP contribution in [0.25, 0.3) is 11.3 Å². The summed E-state index contributed by atoms with van der Waals surface area (Å²) in [6.45, 7) is 6.20. The summed E-state index contributed by atoms with van der Waals surface area (Å²) < 4.78 is 0. The Morgan fingerprint density at radius 2 is 1.92 bits per heavy atom. The van der Waals surface area contributed by atoms with Crippen LogP contribution >= 0.6 is 0 Å². The van der Waals surface area contributed by atoms with Gasteiger partial charge in [0, 0.05) is 6.54 Å². The van der Waals surface area contributed by atoms with Crippen LogP contribution in [0.3, 0.4) is 0 Å². The predicted molar refractivity (Wildman–Crippen MR) is 107 cm³/mol. The van der Waals surface area contributed by atoms with Gasteiger partial charge in [-0.15, -0.1) is 0 Å². The smallest absolute Gasteiger partial charge is 0.191 e. The Kier molecular flexibility index (Phi) is 6.04. The van der Waals surface area contributed by atoms with Gasteiger partial charge in [0.15, 0.2) is 5.96 Å². The lowest BCUT2D eigenvalue weighted by atomic mass is 10.1. The Morgan fingerprint density at radius 3 is 2.69 bits per heavy atom. The second-order valence-corrected chi connectivity index (χ2v) is 6.15. The van der Waals surface area contributed by atoms with Gasteiger partial charge in [0.05, 0.1) is 25.0 Å². The minimum Gasteiger partial charge on any atom is -0.357 e. The SMILES string of the molecule is CCNC(=NCc1cccc(C)c1)NCc1ncc(-c2ccccc2)[nH]1. The van der Waals surface area contributed by atoms with Crippen molar-refractivity contribution in [3.8, 4) is 11.3 Å². The van der Waals surface area contributed by atoms with E-state index in [0.29, 0.717) is 13.1 Å². The molecule has 3 N–H and O–H groups in total. The summed E-state index contributed by atoms with van der Waals surface area (Å²) in [6, 6.07) is 18.6. The van der Waals surface area contributed by atoms with Crippen LogP contribution in [0.5, 0.6) is 0 Å². The molecular formula is C21H25N5. The van der Waals surface area contributed by atoms with Gasteiger partial charge in [-0.05, 0) is 25.0 Å². The van der Waals surface area contributed by atoms with Crippen molar-refractivity contribution in [2.45, 2.75) is 26.9 Å². The number of nitrogens with zero attached hydrogens (tertiary/aromatic N) is 2. The largest absolute Gasteiger partial charge is 0.357 e. The van der Waals surface area contributed by atoms with Crippen molar-refractivity contribution in [3.63, 3.8) is 0 Å². The molecule has 0 saturated carbocycles. The Labute approximate surface area is 154 Å². The molecule has 1 heterocycles. The number of hydrogen-bond acceptors (Lipinski definition) is 2. The van der Waals surface area contributed by atoms with Gasteiger partial charge in [0.2, 0.25) is 0 Å². The van der Waals surface area contributed by atoms with Crippen LogP contribution in [0.1, 0.15) is 23.9 Å². The fourth-order valence-corrected chi connectivity index (χ4v) is 2.71. The second kappa shape index (κ2) is 8.85. The Balaban J connectivity index is 1.62. The molecule has 0 atom stereocenters. The average molecular weight is 347 g/mol. The molecule has 0 amide bonds. The number of aliphatic imine (C=N–C) groups is 1. The normalized spacial score (nSPS) is 11.4. The Hall–Kier alpha value is -3.08. The number of aromatic nitrogens is 2. The van der Waals surface area contributed by atoms with Gasteiger partial charge in [-0.2, -0.15) is 0 Å². The first kappa shape index (κ1) is 17.7. The van der Waals surface area contributed by atoms with E-state index in [1.165, 1.54) is 11.1 Å². The van der Waals surface area contributed by atoms with Gasteiger partial charge in [0.25, 0.3) is 0 Å². The van der Waals surface area contributed by atoms with Crippen molar-refractivity contribution in [2.75, 3.05) is 6.54 Å². The molecule has 134 valence electrons. The maximum Gasteiger partial charge on any atom is 0.191 e. The number of rotatable bonds is 6. The summed E-state index contributed by atoms with van der Waals surface area (Å²) in [5.41, 5.74) is 4.60. The summed E-state index contributed by atoms with van der Waals surface area (Å²) in [6.07, 6.45) is 1.86. The van der Waals surface area contributed by atoms with Crippen molar-refractivity contribution in [1.82, 2.24) is 20.6 Å². The molecule has 0 radical (unpaired) electrons. The average Bonchev–Trinajstić information content (AvgIpc) is 3.14. The third-order valence-corrected chi connectivity index (χ3v) is 3.98. The van der Waals surface area contributed by atoms with Crippen molar-refractivity contribution in [1.29, 1.82) is 0 Å². The molecule has 5 nitrogen and oxygen atoms in total. The zero-order valence-electron chi connectivity index (χ0n) is 15.3. The van der Waals surface area contributed by atoms with Crippen LogP contribution in [0.2, 0.25) is 0 Å². The summed E-state index contributed by atoms with van der Waals surface area (Å²) >= 11 is 0. The number of nitrogens with one attached hydrogen (secondary N) is 3. The standard InChI is InChI=1S/C21H25N5/c1-3-22-21(24-13-17-9-7-8-16(2)12-17)25-15-20-23-14-19(26-20)18-10-5-4-6-11-18/h4-12,14H,3,13,15H2,1-2H3,(H,23,26)(H2,22,24,25). The van der Waals surface area contributed by atoms with Gasteiger partial charge in [-0.1, -0.05) is 60.2 Å². The maximum atomic E-state index is 4.66. The number of hydrogen-bond donors (Lipinski definition) is 3. The highest BCUT2D eigenvalue weighted by molar-refractivity contribution is 5.79. The van der Waals surface area contributed by atoms with E-state index in [2.05, 4.69) is 75.8 Å². The first-order chi connectivity index (χ1) is 12.7. The molecule has 0 saturated heterocycles. The number of imidazole rings is 1. The lowest BCUT2D eigenvalue weighted by molar-refractivity contribution is 0.786.